The highest BCUT2D eigenvalue weighted by Crippen LogP contribution is 2.30. The Morgan fingerprint density at radius 1 is 1.47 bits per heavy atom. The Kier molecular flexibility index (Phi) is 6.06. The monoisotopic (exact) mass is 282 g/mol. The summed E-state index contributed by atoms with van der Waals surface area (Å²) in [6.07, 6.45) is -1.92. The fourth-order valence-corrected chi connectivity index (χ4v) is 1.93. The van der Waals surface area contributed by atoms with Gasteiger partial charge in [0.05, 0.1) is 13.7 Å². The molecule has 0 bridgehead atoms. The van der Waals surface area contributed by atoms with E-state index in [0.717, 1.165) is 19.3 Å². The third-order valence-electron chi connectivity index (χ3n) is 2.99. The first-order valence-corrected chi connectivity index (χ1v) is 6.49. The number of hydrogen-bond donors (Lipinski definition) is 1. The van der Waals surface area contributed by atoms with Gasteiger partial charge < -0.3 is 10.1 Å². The molecule has 1 saturated carbocycles. The SMILES string of the molecule is CCCNC(CN(CC(F)(F)F)C1CC1)C(=O)OC. The van der Waals surface area contributed by atoms with E-state index in [-0.39, 0.29) is 12.6 Å². The van der Waals surface area contributed by atoms with E-state index in [1.807, 2.05) is 6.92 Å². The van der Waals surface area contributed by atoms with Crippen LogP contribution < -0.4 is 5.32 Å². The smallest absolute Gasteiger partial charge is 0.401 e. The second kappa shape index (κ2) is 7.09. The van der Waals surface area contributed by atoms with E-state index in [9.17, 15) is 18.0 Å². The first-order valence-electron chi connectivity index (χ1n) is 6.49. The summed E-state index contributed by atoms with van der Waals surface area (Å²) in [6, 6.07) is -0.759. The Morgan fingerprint density at radius 2 is 2.11 bits per heavy atom. The summed E-state index contributed by atoms with van der Waals surface area (Å²) in [5.74, 6) is -0.513. The zero-order valence-electron chi connectivity index (χ0n) is 11.3. The lowest BCUT2D eigenvalue weighted by atomic mass is 10.2. The number of nitrogens with zero attached hydrogens (tertiary/aromatic N) is 1. The Hall–Kier alpha value is -0.820. The first kappa shape index (κ1) is 16.2. The highest BCUT2D eigenvalue weighted by Gasteiger charge is 2.39. The number of rotatable bonds is 8. The van der Waals surface area contributed by atoms with Gasteiger partial charge in [-0.15, -0.1) is 0 Å². The van der Waals surface area contributed by atoms with Crippen LogP contribution in [0.25, 0.3) is 0 Å². The van der Waals surface area contributed by atoms with Gasteiger partial charge in [-0.3, -0.25) is 9.69 Å². The fraction of sp³-hybridized carbons (Fsp3) is 0.917. The van der Waals surface area contributed by atoms with Gasteiger partial charge in [-0.25, -0.2) is 0 Å². The zero-order chi connectivity index (χ0) is 14.5. The fourth-order valence-electron chi connectivity index (χ4n) is 1.93. The van der Waals surface area contributed by atoms with E-state index in [2.05, 4.69) is 10.1 Å². The number of carbonyl (C=O) groups is 1. The van der Waals surface area contributed by atoms with Gasteiger partial charge in [0.1, 0.15) is 6.04 Å². The minimum atomic E-state index is -4.24. The highest BCUT2D eigenvalue weighted by molar-refractivity contribution is 5.75. The van der Waals surface area contributed by atoms with Crippen molar-refractivity contribution >= 4 is 5.97 Å². The quantitative estimate of drug-likeness (QED) is 0.686. The summed E-state index contributed by atoms with van der Waals surface area (Å²) in [6.45, 7) is 1.57. The molecule has 19 heavy (non-hydrogen) atoms. The van der Waals surface area contributed by atoms with Crippen molar-refractivity contribution in [3.05, 3.63) is 0 Å². The topological polar surface area (TPSA) is 41.6 Å². The van der Waals surface area contributed by atoms with Crippen molar-refractivity contribution in [2.45, 2.75) is 44.4 Å². The minimum Gasteiger partial charge on any atom is -0.468 e. The summed E-state index contributed by atoms with van der Waals surface area (Å²) in [5.41, 5.74) is 0. The average molecular weight is 282 g/mol. The Balaban J connectivity index is 2.59. The number of nitrogens with one attached hydrogen (secondary N) is 1. The molecule has 1 fully saturated rings. The van der Waals surface area contributed by atoms with Crippen LogP contribution in [0.2, 0.25) is 0 Å². The Morgan fingerprint density at radius 3 is 2.53 bits per heavy atom. The molecule has 1 aliphatic rings. The summed E-state index contributed by atoms with van der Waals surface area (Å²) < 4.78 is 42.1. The van der Waals surface area contributed by atoms with Gasteiger partial charge in [0, 0.05) is 12.6 Å². The van der Waals surface area contributed by atoms with E-state index >= 15 is 0 Å². The van der Waals surface area contributed by atoms with Crippen LogP contribution in [0.4, 0.5) is 13.2 Å². The maximum Gasteiger partial charge on any atom is 0.401 e. The normalized spacial score (nSPS) is 17.6. The van der Waals surface area contributed by atoms with Crippen LogP contribution in [0.15, 0.2) is 0 Å². The predicted molar refractivity (Wildman–Crippen MR) is 64.7 cm³/mol. The van der Waals surface area contributed by atoms with E-state index in [0.29, 0.717) is 6.54 Å². The molecule has 0 radical (unpaired) electrons. The summed E-state index contributed by atoms with van der Waals surface area (Å²) in [4.78, 5) is 12.9. The van der Waals surface area contributed by atoms with Crippen molar-refractivity contribution in [3.8, 4) is 0 Å². The lowest BCUT2D eigenvalue weighted by molar-refractivity contribution is -0.153. The molecular weight excluding hydrogens is 261 g/mol. The molecule has 0 spiro atoms. The van der Waals surface area contributed by atoms with Crippen LogP contribution in [0, 0.1) is 0 Å². The Labute approximate surface area is 111 Å². The van der Waals surface area contributed by atoms with Crippen molar-refractivity contribution in [2.24, 2.45) is 0 Å². The molecule has 112 valence electrons. The molecule has 1 unspecified atom stereocenters. The number of methoxy groups -OCH3 is 1. The molecule has 0 aromatic rings. The third kappa shape index (κ3) is 6.24. The van der Waals surface area contributed by atoms with Gasteiger partial charge in [0.2, 0.25) is 0 Å². The molecule has 0 heterocycles. The molecule has 1 N–H and O–H groups in total. The van der Waals surface area contributed by atoms with Gasteiger partial charge in [0.25, 0.3) is 0 Å². The molecule has 1 rings (SSSR count). The average Bonchev–Trinajstić information content (AvgIpc) is 3.14. The van der Waals surface area contributed by atoms with E-state index in [4.69, 9.17) is 0 Å². The van der Waals surface area contributed by atoms with E-state index in [1.54, 1.807) is 0 Å². The standard InChI is InChI=1S/C12H21F3N2O2/c1-3-6-16-10(11(18)19-2)7-17(9-4-5-9)8-12(13,14)15/h9-10,16H,3-8H2,1-2H3. The Bertz CT molecular complexity index is 293. The zero-order valence-corrected chi connectivity index (χ0v) is 11.3. The van der Waals surface area contributed by atoms with Crippen LogP contribution in [0.1, 0.15) is 26.2 Å². The molecule has 0 saturated heterocycles. The number of carbonyl (C=O) groups excluding carboxylic acids is 1. The highest BCUT2D eigenvalue weighted by atomic mass is 19.4. The number of halogens is 3. The summed E-state index contributed by atoms with van der Waals surface area (Å²) in [7, 11) is 1.24. The van der Waals surface area contributed by atoms with Crippen LogP contribution >= 0.6 is 0 Å². The molecule has 7 heteroatoms. The molecule has 1 aliphatic carbocycles. The number of hydrogen-bond acceptors (Lipinski definition) is 4. The second-order valence-electron chi connectivity index (χ2n) is 4.81. The van der Waals surface area contributed by atoms with Gasteiger partial charge in [0.15, 0.2) is 0 Å². The molecule has 1 atom stereocenters. The van der Waals surface area contributed by atoms with Gasteiger partial charge in [-0.2, -0.15) is 13.2 Å². The van der Waals surface area contributed by atoms with Crippen molar-refractivity contribution in [2.75, 3.05) is 26.7 Å². The van der Waals surface area contributed by atoms with Crippen LogP contribution in [0.3, 0.4) is 0 Å². The van der Waals surface area contributed by atoms with E-state index in [1.165, 1.54) is 12.0 Å². The molecule has 0 amide bonds. The largest absolute Gasteiger partial charge is 0.468 e. The molecule has 4 nitrogen and oxygen atoms in total. The number of ether oxygens (including phenoxy) is 1. The van der Waals surface area contributed by atoms with Gasteiger partial charge in [-0.05, 0) is 25.8 Å². The van der Waals surface area contributed by atoms with E-state index < -0.39 is 24.7 Å². The second-order valence-corrected chi connectivity index (χ2v) is 4.81. The maximum atomic E-state index is 12.5. The van der Waals surface area contributed by atoms with Crippen molar-refractivity contribution < 1.29 is 22.7 Å². The number of esters is 1. The lowest BCUT2D eigenvalue weighted by Gasteiger charge is -2.27. The number of alkyl halides is 3. The minimum absolute atomic E-state index is 0.0385. The maximum absolute atomic E-state index is 12.5. The first-order chi connectivity index (χ1) is 8.87. The third-order valence-corrected chi connectivity index (χ3v) is 2.99. The van der Waals surface area contributed by atoms with Gasteiger partial charge in [-0.1, -0.05) is 6.92 Å². The summed E-state index contributed by atoms with van der Waals surface area (Å²) in [5, 5.41) is 2.94. The predicted octanol–water partition coefficient (Wildman–Crippen LogP) is 1.55. The van der Waals surface area contributed by atoms with Gasteiger partial charge >= 0.3 is 12.1 Å². The van der Waals surface area contributed by atoms with Crippen molar-refractivity contribution in [1.29, 1.82) is 0 Å². The summed E-state index contributed by atoms with van der Waals surface area (Å²) >= 11 is 0. The van der Waals surface area contributed by atoms with Crippen molar-refractivity contribution in [1.82, 2.24) is 10.2 Å². The van der Waals surface area contributed by atoms with Crippen molar-refractivity contribution in [3.63, 3.8) is 0 Å². The molecule has 0 aromatic heterocycles. The van der Waals surface area contributed by atoms with Crippen LogP contribution in [-0.2, 0) is 9.53 Å². The molecule has 0 aliphatic heterocycles. The molecule has 0 aromatic carbocycles. The van der Waals surface area contributed by atoms with Crippen LogP contribution in [-0.4, -0.2) is 55.9 Å². The molecular formula is C12H21F3N2O2. The lowest BCUT2D eigenvalue weighted by Crippen LogP contribution is -2.49. The van der Waals surface area contributed by atoms with Crippen LogP contribution in [0.5, 0.6) is 0 Å².